The van der Waals surface area contributed by atoms with E-state index in [-0.39, 0.29) is 5.91 Å². The van der Waals surface area contributed by atoms with Gasteiger partial charge < -0.3 is 4.98 Å². The first kappa shape index (κ1) is 14.7. The average molecular weight is 333 g/mol. The molecule has 4 rings (SSSR count). The van der Waals surface area contributed by atoms with E-state index in [1.165, 1.54) is 16.9 Å². The number of nitrogens with zero attached hydrogens (tertiary/aromatic N) is 1. The third-order valence-corrected chi connectivity index (χ3v) is 4.61. The summed E-state index contributed by atoms with van der Waals surface area (Å²) >= 11 is 1.40. The maximum atomic E-state index is 12.4. The fourth-order valence-electron chi connectivity index (χ4n) is 2.71. The number of rotatable bonds is 3. The number of carbonyl (C=O) groups is 1. The van der Waals surface area contributed by atoms with Gasteiger partial charge in [0.25, 0.3) is 5.91 Å². The van der Waals surface area contributed by atoms with Crippen molar-refractivity contribution >= 4 is 33.3 Å². The van der Waals surface area contributed by atoms with Crippen molar-refractivity contribution in [2.24, 2.45) is 0 Å². The number of thiazole rings is 1. The Balaban J connectivity index is 1.74. The molecule has 0 radical (unpaired) electrons. The number of H-pyrrole nitrogens is 1. The third kappa shape index (κ3) is 2.70. The molecule has 0 aliphatic heterocycles. The molecule has 4 aromatic rings. The van der Waals surface area contributed by atoms with E-state index >= 15 is 0 Å². The van der Waals surface area contributed by atoms with Crippen molar-refractivity contribution in [2.75, 3.05) is 5.32 Å². The van der Waals surface area contributed by atoms with Crippen LogP contribution in [0.2, 0.25) is 0 Å². The minimum absolute atomic E-state index is 0.184. The number of carbonyl (C=O) groups excluding carboxylic acids is 1. The minimum Gasteiger partial charge on any atom is -0.350 e. The highest BCUT2D eigenvalue weighted by Gasteiger charge is 2.13. The second kappa shape index (κ2) is 5.94. The summed E-state index contributed by atoms with van der Waals surface area (Å²) in [5.74, 6) is -0.184. The zero-order chi connectivity index (χ0) is 16.5. The molecule has 2 aromatic carbocycles. The van der Waals surface area contributed by atoms with Crippen LogP contribution in [0.5, 0.6) is 0 Å². The fraction of sp³-hybridized carbons (Fsp3) is 0.0526. The Morgan fingerprint density at radius 2 is 2.00 bits per heavy atom. The van der Waals surface area contributed by atoms with Crippen LogP contribution in [0.25, 0.3) is 22.0 Å². The maximum absolute atomic E-state index is 12.4. The van der Waals surface area contributed by atoms with E-state index in [9.17, 15) is 4.79 Å². The van der Waals surface area contributed by atoms with Crippen LogP contribution in [0.4, 0.5) is 5.13 Å². The summed E-state index contributed by atoms with van der Waals surface area (Å²) in [5, 5.41) is 6.26. The van der Waals surface area contributed by atoms with Gasteiger partial charge in [-0.25, -0.2) is 4.98 Å². The summed E-state index contributed by atoms with van der Waals surface area (Å²) in [6.07, 6.45) is 1.67. The SMILES string of the molecule is Cc1ccc(-c2cccc3[nH]c(C(=O)Nc4nccs4)cc23)cc1. The van der Waals surface area contributed by atoms with E-state index in [1.54, 1.807) is 6.20 Å². The van der Waals surface area contributed by atoms with Crippen LogP contribution in [-0.2, 0) is 0 Å². The van der Waals surface area contributed by atoms with E-state index in [4.69, 9.17) is 0 Å². The van der Waals surface area contributed by atoms with Gasteiger partial charge >= 0.3 is 0 Å². The van der Waals surface area contributed by atoms with Gasteiger partial charge in [-0.1, -0.05) is 42.0 Å². The lowest BCUT2D eigenvalue weighted by Crippen LogP contribution is -2.11. The fourth-order valence-corrected chi connectivity index (χ4v) is 3.24. The molecule has 4 nitrogen and oxygen atoms in total. The number of amides is 1. The van der Waals surface area contributed by atoms with Crippen molar-refractivity contribution in [1.29, 1.82) is 0 Å². The third-order valence-electron chi connectivity index (χ3n) is 3.92. The average Bonchev–Trinajstić information content (AvgIpc) is 3.24. The molecule has 0 unspecified atom stereocenters. The molecule has 0 aliphatic carbocycles. The van der Waals surface area contributed by atoms with E-state index in [2.05, 4.69) is 52.5 Å². The highest BCUT2D eigenvalue weighted by molar-refractivity contribution is 7.13. The Hall–Kier alpha value is -2.92. The molecule has 24 heavy (non-hydrogen) atoms. The number of aromatic amines is 1. The number of hydrogen-bond donors (Lipinski definition) is 2. The Labute approximate surface area is 143 Å². The summed E-state index contributed by atoms with van der Waals surface area (Å²) in [6, 6.07) is 16.3. The lowest BCUT2D eigenvalue weighted by molar-refractivity contribution is 0.102. The maximum Gasteiger partial charge on any atom is 0.273 e. The second-order valence-electron chi connectivity index (χ2n) is 5.61. The zero-order valence-electron chi connectivity index (χ0n) is 13.0. The monoisotopic (exact) mass is 333 g/mol. The van der Waals surface area contributed by atoms with Gasteiger partial charge in [-0.2, -0.15) is 0 Å². The summed E-state index contributed by atoms with van der Waals surface area (Å²) in [7, 11) is 0. The van der Waals surface area contributed by atoms with Crippen LogP contribution >= 0.6 is 11.3 Å². The summed E-state index contributed by atoms with van der Waals surface area (Å²) in [6.45, 7) is 2.07. The van der Waals surface area contributed by atoms with E-state index in [0.29, 0.717) is 10.8 Å². The van der Waals surface area contributed by atoms with Gasteiger partial charge in [0.2, 0.25) is 0 Å². The number of aryl methyl sites for hydroxylation is 1. The zero-order valence-corrected chi connectivity index (χ0v) is 13.9. The molecule has 2 heterocycles. The van der Waals surface area contributed by atoms with Gasteiger partial charge in [0.1, 0.15) is 5.69 Å². The van der Waals surface area contributed by atoms with Crippen LogP contribution in [0, 0.1) is 6.92 Å². The number of aromatic nitrogens is 2. The first-order chi connectivity index (χ1) is 11.7. The van der Waals surface area contributed by atoms with Crippen LogP contribution in [0.1, 0.15) is 16.1 Å². The molecule has 0 atom stereocenters. The topological polar surface area (TPSA) is 57.8 Å². The molecule has 0 bridgehead atoms. The van der Waals surface area contributed by atoms with Crippen molar-refractivity contribution in [2.45, 2.75) is 6.92 Å². The highest BCUT2D eigenvalue weighted by Crippen LogP contribution is 2.29. The van der Waals surface area contributed by atoms with Crippen LogP contribution in [0.15, 0.2) is 60.1 Å². The van der Waals surface area contributed by atoms with E-state index in [0.717, 1.165) is 22.0 Å². The van der Waals surface area contributed by atoms with Crippen LogP contribution < -0.4 is 5.32 Å². The smallest absolute Gasteiger partial charge is 0.273 e. The molecule has 2 aromatic heterocycles. The van der Waals surface area contributed by atoms with Gasteiger partial charge in [-0.3, -0.25) is 10.1 Å². The van der Waals surface area contributed by atoms with Gasteiger partial charge in [0, 0.05) is 22.5 Å². The summed E-state index contributed by atoms with van der Waals surface area (Å²) in [4.78, 5) is 19.7. The predicted octanol–water partition coefficient (Wildman–Crippen LogP) is 4.85. The largest absolute Gasteiger partial charge is 0.350 e. The Morgan fingerprint density at radius 3 is 2.75 bits per heavy atom. The molecule has 0 fully saturated rings. The van der Waals surface area contributed by atoms with Crippen molar-refractivity contribution in [3.8, 4) is 11.1 Å². The van der Waals surface area contributed by atoms with E-state index in [1.807, 2.05) is 23.6 Å². The Morgan fingerprint density at radius 1 is 1.17 bits per heavy atom. The van der Waals surface area contributed by atoms with Crippen molar-refractivity contribution < 1.29 is 4.79 Å². The van der Waals surface area contributed by atoms with Crippen molar-refractivity contribution in [1.82, 2.24) is 9.97 Å². The van der Waals surface area contributed by atoms with Gasteiger partial charge in [0.15, 0.2) is 5.13 Å². The number of nitrogens with one attached hydrogen (secondary N) is 2. The Bertz CT molecular complexity index is 1000. The number of hydrogen-bond acceptors (Lipinski definition) is 3. The van der Waals surface area contributed by atoms with Gasteiger partial charge in [0.05, 0.1) is 0 Å². The first-order valence-corrected chi connectivity index (χ1v) is 8.48. The molecular formula is C19H15N3OS. The van der Waals surface area contributed by atoms with Crippen molar-refractivity contribution in [3.63, 3.8) is 0 Å². The second-order valence-corrected chi connectivity index (χ2v) is 6.50. The first-order valence-electron chi connectivity index (χ1n) is 7.60. The quantitative estimate of drug-likeness (QED) is 0.563. The number of anilines is 1. The number of fused-ring (bicyclic) bond motifs is 1. The predicted molar refractivity (Wildman–Crippen MR) is 98.5 cm³/mol. The molecule has 0 aliphatic rings. The molecule has 0 saturated carbocycles. The number of benzene rings is 2. The van der Waals surface area contributed by atoms with Crippen LogP contribution in [0.3, 0.4) is 0 Å². The lowest BCUT2D eigenvalue weighted by atomic mass is 10.0. The molecule has 0 spiro atoms. The minimum atomic E-state index is -0.184. The Kier molecular flexibility index (Phi) is 3.63. The van der Waals surface area contributed by atoms with Gasteiger partial charge in [-0.15, -0.1) is 11.3 Å². The highest BCUT2D eigenvalue weighted by atomic mass is 32.1. The molecule has 5 heteroatoms. The normalized spacial score (nSPS) is 10.9. The van der Waals surface area contributed by atoms with Crippen molar-refractivity contribution in [3.05, 3.63) is 71.4 Å². The molecule has 1 amide bonds. The van der Waals surface area contributed by atoms with E-state index < -0.39 is 0 Å². The lowest BCUT2D eigenvalue weighted by Gasteiger charge is -2.04. The molecule has 118 valence electrons. The standard InChI is InChI=1S/C19H15N3OS/c1-12-5-7-13(8-6-12)14-3-2-4-16-15(14)11-17(21-16)18(23)22-19-20-9-10-24-19/h2-11,21H,1H3,(H,20,22,23). The summed E-state index contributed by atoms with van der Waals surface area (Å²) < 4.78 is 0. The summed E-state index contributed by atoms with van der Waals surface area (Å²) in [5.41, 5.74) is 4.94. The van der Waals surface area contributed by atoms with Crippen LogP contribution in [-0.4, -0.2) is 15.9 Å². The molecule has 2 N–H and O–H groups in total. The molecule has 0 saturated heterocycles. The van der Waals surface area contributed by atoms with Gasteiger partial charge in [-0.05, 0) is 30.2 Å². The molecular weight excluding hydrogens is 318 g/mol.